The van der Waals surface area contributed by atoms with Crippen LogP contribution in [0.1, 0.15) is 32.4 Å². The molecule has 3 nitrogen and oxygen atoms in total. The van der Waals surface area contributed by atoms with Gasteiger partial charge in [0.15, 0.2) is 0 Å². The van der Waals surface area contributed by atoms with Crippen LogP contribution >= 0.6 is 0 Å². The largest absolute Gasteiger partial charge is 0.398 e. The Balaban J connectivity index is 2.18. The Labute approximate surface area is 115 Å². The van der Waals surface area contributed by atoms with Crippen LogP contribution in [0.25, 0.3) is 10.8 Å². The number of pyridine rings is 1. The average Bonchev–Trinajstić information content (AvgIpc) is 2.36. The molecule has 102 valence electrons. The molecule has 2 aromatic rings. The second kappa shape index (κ2) is 5.91. The van der Waals surface area contributed by atoms with Gasteiger partial charge in [-0.15, -0.1) is 0 Å². The summed E-state index contributed by atoms with van der Waals surface area (Å²) in [5.41, 5.74) is 8.96. The summed E-state index contributed by atoms with van der Waals surface area (Å²) < 4.78 is 0. The molecule has 0 unspecified atom stereocenters. The quantitative estimate of drug-likeness (QED) is 0.629. The van der Waals surface area contributed by atoms with Crippen molar-refractivity contribution in [3.63, 3.8) is 0 Å². The van der Waals surface area contributed by atoms with Crippen LogP contribution in [0.4, 0.5) is 11.4 Å². The first-order valence-electron chi connectivity index (χ1n) is 6.96. The molecule has 1 aromatic heterocycles. The average molecular weight is 257 g/mol. The molecular formula is C16H23N3. The van der Waals surface area contributed by atoms with Gasteiger partial charge in [-0.05, 0) is 43.9 Å². The monoisotopic (exact) mass is 257 g/mol. The van der Waals surface area contributed by atoms with Gasteiger partial charge in [0.2, 0.25) is 0 Å². The lowest BCUT2D eigenvalue weighted by atomic mass is 10.1. The molecule has 0 fully saturated rings. The minimum atomic E-state index is 0.761. The van der Waals surface area contributed by atoms with E-state index in [1.54, 1.807) is 0 Å². The topological polar surface area (TPSA) is 50.9 Å². The van der Waals surface area contributed by atoms with Crippen molar-refractivity contribution >= 4 is 22.1 Å². The molecule has 0 radical (unpaired) electrons. The molecule has 0 aliphatic carbocycles. The fraction of sp³-hybridized carbons (Fsp3) is 0.438. The first-order valence-corrected chi connectivity index (χ1v) is 6.96. The van der Waals surface area contributed by atoms with E-state index in [1.807, 2.05) is 19.2 Å². The zero-order chi connectivity index (χ0) is 13.8. The number of rotatable bonds is 5. The normalized spacial score (nSPS) is 11.2. The molecule has 0 saturated carbocycles. The number of aryl methyl sites for hydroxylation is 1. The third kappa shape index (κ3) is 3.37. The Morgan fingerprint density at radius 3 is 2.79 bits per heavy atom. The van der Waals surface area contributed by atoms with Gasteiger partial charge in [0.1, 0.15) is 0 Å². The van der Waals surface area contributed by atoms with Crippen LogP contribution in [0.2, 0.25) is 0 Å². The molecule has 0 saturated heterocycles. The SMILES string of the molecule is Cc1cc2c(NCCCC(C)C)ccc(N)c2cn1. The fourth-order valence-corrected chi connectivity index (χ4v) is 2.25. The lowest BCUT2D eigenvalue weighted by Crippen LogP contribution is -2.04. The van der Waals surface area contributed by atoms with Crippen LogP contribution in [-0.2, 0) is 0 Å². The van der Waals surface area contributed by atoms with Crippen LogP contribution in [0.3, 0.4) is 0 Å². The van der Waals surface area contributed by atoms with E-state index >= 15 is 0 Å². The van der Waals surface area contributed by atoms with Gasteiger partial charge < -0.3 is 11.1 Å². The van der Waals surface area contributed by atoms with E-state index in [4.69, 9.17) is 5.73 Å². The van der Waals surface area contributed by atoms with E-state index in [9.17, 15) is 0 Å². The van der Waals surface area contributed by atoms with Crippen molar-refractivity contribution in [2.24, 2.45) is 5.92 Å². The summed E-state index contributed by atoms with van der Waals surface area (Å²) in [6, 6.07) is 6.10. The van der Waals surface area contributed by atoms with Crippen molar-refractivity contribution < 1.29 is 0 Å². The summed E-state index contributed by atoms with van der Waals surface area (Å²) in [6.07, 6.45) is 4.30. The number of nitrogens with one attached hydrogen (secondary N) is 1. The Morgan fingerprint density at radius 2 is 2.05 bits per heavy atom. The standard InChI is InChI=1S/C16H23N3/c1-11(2)5-4-8-18-16-7-6-15(17)14-10-19-12(3)9-13(14)16/h6-7,9-11,18H,4-5,8,17H2,1-3H3. The van der Waals surface area contributed by atoms with Crippen LogP contribution in [0.15, 0.2) is 24.4 Å². The Kier molecular flexibility index (Phi) is 4.25. The van der Waals surface area contributed by atoms with Crippen LogP contribution in [-0.4, -0.2) is 11.5 Å². The molecule has 1 heterocycles. The van der Waals surface area contributed by atoms with E-state index in [1.165, 1.54) is 12.8 Å². The highest BCUT2D eigenvalue weighted by molar-refractivity contribution is 6.00. The van der Waals surface area contributed by atoms with Crippen LogP contribution in [0.5, 0.6) is 0 Å². The second-order valence-corrected chi connectivity index (χ2v) is 5.54. The summed E-state index contributed by atoms with van der Waals surface area (Å²) in [5.74, 6) is 0.761. The van der Waals surface area contributed by atoms with Crippen molar-refractivity contribution in [2.45, 2.75) is 33.6 Å². The number of nitrogens with two attached hydrogens (primary N) is 1. The Bertz CT molecular complexity index is 561. The second-order valence-electron chi connectivity index (χ2n) is 5.54. The minimum absolute atomic E-state index is 0.761. The van der Waals surface area contributed by atoms with E-state index < -0.39 is 0 Å². The third-order valence-corrected chi connectivity index (χ3v) is 3.35. The van der Waals surface area contributed by atoms with Crippen molar-refractivity contribution in [2.75, 3.05) is 17.6 Å². The summed E-state index contributed by atoms with van der Waals surface area (Å²) in [7, 11) is 0. The van der Waals surface area contributed by atoms with Crippen LogP contribution in [0, 0.1) is 12.8 Å². The van der Waals surface area contributed by atoms with E-state index in [-0.39, 0.29) is 0 Å². The number of nitrogens with zero attached hydrogens (tertiary/aromatic N) is 1. The summed E-state index contributed by atoms with van der Waals surface area (Å²) in [5, 5.41) is 5.71. The van der Waals surface area contributed by atoms with Gasteiger partial charge in [-0.3, -0.25) is 4.98 Å². The molecule has 0 aliphatic heterocycles. The van der Waals surface area contributed by atoms with Gasteiger partial charge in [-0.25, -0.2) is 0 Å². The number of benzene rings is 1. The number of aromatic nitrogens is 1. The van der Waals surface area contributed by atoms with Crippen LogP contribution < -0.4 is 11.1 Å². The number of hydrogen-bond acceptors (Lipinski definition) is 3. The van der Waals surface area contributed by atoms with Gasteiger partial charge in [0.25, 0.3) is 0 Å². The molecule has 2 rings (SSSR count). The molecule has 0 spiro atoms. The first kappa shape index (κ1) is 13.7. The number of anilines is 2. The highest BCUT2D eigenvalue weighted by Crippen LogP contribution is 2.28. The van der Waals surface area contributed by atoms with E-state index in [0.717, 1.165) is 40.3 Å². The van der Waals surface area contributed by atoms with Crippen molar-refractivity contribution in [1.29, 1.82) is 0 Å². The number of fused-ring (bicyclic) bond motifs is 1. The van der Waals surface area contributed by atoms with Gasteiger partial charge in [-0.2, -0.15) is 0 Å². The molecule has 3 heteroatoms. The first-order chi connectivity index (χ1) is 9.08. The number of hydrogen-bond donors (Lipinski definition) is 2. The van der Waals surface area contributed by atoms with Gasteiger partial charge in [-0.1, -0.05) is 13.8 Å². The number of nitrogen functional groups attached to an aromatic ring is 1. The zero-order valence-corrected chi connectivity index (χ0v) is 12.0. The maximum absolute atomic E-state index is 6.00. The lowest BCUT2D eigenvalue weighted by molar-refractivity contribution is 0.567. The zero-order valence-electron chi connectivity index (χ0n) is 12.0. The van der Waals surface area contributed by atoms with E-state index in [0.29, 0.717) is 0 Å². The fourth-order valence-electron chi connectivity index (χ4n) is 2.25. The molecule has 0 bridgehead atoms. The highest BCUT2D eigenvalue weighted by atomic mass is 14.9. The maximum Gasteiger partial charge on any atom is 0.0422 e. The molecule has 0 amide bonds. The van der Waals surface area contributed by atoms with E-state index in [2.05, 4.69) is 36.3 Å². The summed E-state index contributed by atoms with van der Waals surface area (Å²) in [6.45, 7) is 7.52. The summed E-state index contributed by atoms with van der Waals surface area (Å²) >= 11 is 0. The van der Waals surface area contributed by atoms with Gasteiger partial charge >= 0.3 is 0 Å². The smallest absolute Gasteiger partial charge is 0.0422 e. The summed E-state index contributed by atoms with van der Waals surface area (Å²) in [4.78, 5) is 4.32. The molecule has 1 aromatic carbocycles. The van der Waals surface area contributed by atoms with Gasteiger partial charge in [0, 0.05) is 40.6 Å². The highest BCUT2D eigenvalue weighted by Gasteiger charge is 2.05. The molecule has 0 aliphatic rings. The lowest BCUT2D eigenvalue weighted by Gasteiger charge is -2.12. The predicted octanol–water partition coefficient (Wildman–Crippen LogP) is 3.97. The Hall–Kier alpha value is -1.77. The third-order valence-electron chi connectivity index (χ3n) is 3.35. The molecular weight excluding hydrogens is 234 g/mol. The maximum atomic E-state index is 6.00. The van der Waals surface area contributed by atoms with Crippen molar-refractivity contribution in [3.8, 4) is 0 Å². The van der Waals surface area contributed by atoms with Gasteiger partial charge in [0.05, 0.1) is 0 Å². The van der Waals surface area contributed by atoms with Crippen molar-refractivity contribution in [1.82, 2.24) is 4.98 Å². The minimum Gasteiger partial charge on any atom is -0.398 e. The molecule has 3 N–H and O–H groups in total. The Morgan fingerprint density at radius 1 is 1.26 bits per heavy atom. The molecule has 0 atom stereocenters. The molecule has 19 heavy (non-hydrogen) atoms. The van der Waals surface area contributed by atoms with Crippen molar-refractivity contribution in [3.05, 3.63) is 30.1 Å². The predicted molar refractivity (Wildman–Crippen MR) is 83.5 cm³/mol.